The summed E-state index contributed by atoms with van der Waals surface area (Å²) >= 11 is 0. The molecule has 0 atom stereocenters. The van der Waals surface area contributed by atoms with Gasteiger partial charge in [-0.25, -0.2) is 0 Å². The Balaban J connectivity index is 1.96. The lowest BCUT2D eigenvalue weighted by atomic mass is 9.99. The van der Waals surface area contributed by atoms with Crippen LogP contribution in [-0.4, -0.2) is 18.0 Å². The van der Waals surface area contributed by atoms with Crippen LogP contribution in [0.3, 0.4) is 0 Å². The number of nitrogens with two attached hydrogens (primary N) is 2. The molecule has 0 aliphatic carbocycles. The predicted octanol–water partition coefficient (Wildman–Crippen LogP) is 2.08. The zero-order valence-electron chi connectivity index (χ0n) is 9.95. The fourth-order valence-corrected chi connectivity index (χ4v) is 2.20. The average molecular weight is 219 g/mol. The Kier molecular flexibility index (Phi) is 3.34. The molecule has 1 aliphatic heterocycles. The van der Waals surface area contributed by atoms with Gasteiger partial charge in [-0.2, -0.15) is 0 Å². The minimum Gasteiger partial charge on any atom is -0.397 e. The summed E-state index contributed by atoms with van der Waals surface area (Å²) in [5.74, 6) is 0.882. The van der Waals surface area contributed by atoms with Crippen molar-refractivity contribution in [2.24, 2.45) is 5.92 Å². The summed E-state index contributed by atoms with van der Waals surface area (Å²) in [7, 11) is 0. The highest BCUT2D eigenvalue weighted by molar-refractivity contribution is 5.63. The molecule has 2 rings (SSSR count). The Hall–Kier alpha value is -1.22. The molecule has 3 nitrogen and oxygen atoms in total. The van der Waals surface area contributed by atoms with Crippen molar-refractivity contribution in [3.05, 3.63) is 23.8 Å². The van der Waals surface area contributed by atoms with Crippen molar-refractivity contribution >= 4 is 11.4 Å². The van der Waals surface area contributed by atoms with Gasteiger partial charge in [0.15, 0.2) is 0 Å². The molecule has 1 heterocycles. The van der Waals surface area contributed by atoms with Crippen molar-refractivity contribution in [2.45, 2.75) is 26.3 Å². The quantitative estimate of drug-likeness (QED) is 0.749. The summed E-state index contributed by atoms with van der Waals surface area (Å²) in [6, 6.07) is 5.97. The number of rotatable bonds is 2. The molecule has 88 valence electrons. The first-order valence-corrected chi connectivity index (χ1v) is 6.01. The number of hydrogen-bond donors (Lipinski definition) is 2. The molecule has 1 saturated heterocycles. The third-order valence-electron chi connectivity index (χ3n) is 3.43. The van der Waals surface area contributed by atoms with Gasteiger partial charge in [0.25, 0.3) is 0 Å². The molecule has 0 unspecified atom stereocenters. The molecule has 1 aliphatic rings. The fraction of sp³-hybridized carbons (Fsp3) is 0.538. The van der Waals surface area contributed by atoms with E-state index in [9.17, 15) is 0 Å². The van der Waals surface area contributed by atoms with Crippen LogP contribution in [0.25, 0.3) is 0 Å². The van der Waals surface area contributed by atoms with E-state index in [0.29, 0.717) is 11.4 Å². The molecule has 1 fully saturated rings. The van der Waals surface area contributed by atoms with Crippen LogP contribution < -0.4 is 11.5 Å². The van der Waals surface area contributed by atoms with Crippen molar-refractivity contribution in [3.8, 4) is 0 Å². The number of nitrogen functional groups attached to an aromatic ring is 2. The molecule has 1 aromatic rings. The average Bonchev–Trinajstić information content (AvgIpc) is 2.27. The van der Waals surface area contributed by atoms with Crippen LogP contribution in [0, 0.1) is 5.92 Å². The molecule has 3 heteroatoms. The number of anilines is 2. The number of benzene rings is 1. The Morgan fingerprint density at radius 3 is 2.50 bits per heavy atom. The van der Waals surface area contributed by atoms with Gasteiger partial charge in [0.2, 0.25) is 0 Å². The van der Waals surface area contributed by atoms with E-state index >= 15 is 0 Å². The van der Waals surface area contributed by atoms with E-state index in [4.69, 9.17) is 11.5 Å². The van der Waals surface area contributed by atoms with Gasteiger partial charge < -0.3 is 11.5 Å². The van der Waals surface area contributed by atoms with E-state index in [1.54, 1.807) is 0 Å². The Morgan fingerprint density at radius 2 is 1.88 bits per heavy atom. The molecule has 0 amide bonds. The minimum absolute atomic E-state index is 0.677. The normalized spacial score (nSPS) is 18.8. The van der Waals surface area contributed by atoms with Crippen LogP contribution in [0.4, 0.5) is 11.4 Å². The van der Waals surface area contributed by atoms with Crippen LogP contribution in [0.5, 0.6) is 0 Å². The second-order valence-electron chi connectivity index (χ2n) is 4.92. The summed E-state index contributed by atoms with van der Waals surface area (Å²) in [5.41, 5.74) is 14.1. The second kappa shape index (κ2) is 4.74. The van der Waals surface area contributed by atoms with E-state index in [0.717, 1.165) is 12.5 Å². The molecule has 1 aromatic carbocycles. The lowest BCUT2D eigenvalue weighted by Gasteiger charge is -2.30. The lowest BCUT2D eigenvalue weighted by Crippen LogP contribution is -2.32. The first kappa shape index (κ1) is 11.3. The Morgan fingerprint density at radius 1 is 1.19 bits per heavy atom. The summed E-state index contributed by atoms with van der Waals surface area (Å²) in [6.07, 6.45) is 2.62. The highest BCUT2D eigenvalue weighted by atomic mass is 15.1. The van der Waals surface area contributed by atoms with E-state index < -0.39 is 0 Å². The van der Waals surface area contributed by atoms with E-state index in [1.165, 1.54) is 31.5 Å². The monoisotopic (exact) mass is 219 g/mol. The number of piperidine rings is 1. The predicted molar refractivity (Wildman–Crippen MR) is 68.9 cm³/mol. The zero-order chi connectivity index (χ0) is 11.5. The van der Waals surface area contributed by atoms with Crippen LogP contribution in [0.2, 0.25) is 0 Å². The second-order valence-corrected chi connectivity index (χ2v) is 4.92. The third kappa shape index (κ3) is 2.67. The molecular formula is C13H21N3. The van der Waals surface area contributed by atoms with Crippen molar-refractivity contribution in [1.82, 2.24) is 4.90 Å². The molecule has 0 radical (unpaired) electrons. The summed E-state index contributed by atoms with van der Waals surface area (Å²) in [5, 5.41) is 0. The molecule has 0 aromatic heterocycles. The van der Waals surface area contributed by atoms with Gasteiger partial charge in [0.05, 0.1) is 11.4 Å². The lowest BCUT2D eigenvalue weighted by molar-refractivity contribution is 0.185. The van der Waals surface area contributed by atoms with Crippen LogP contribution in [0.15, 0.2) is 18.2 Å². The van der Waals surface area contributed by atoms with Gasteiger partial charge >= 0.3 is 0 Å². The minimum atomic E-state index is 0.677. The van der Waals surface area contributed by atoms with Crippen LogP contribution >= 0.6 is 0 Å². The molecule has 16 heavy (non-hydrogen) atoms. The molecular weight excluding hydrogens is 198 g/mol. The van der Waals surface area contributed by atoms with Gasteiger partial charge in [-0.1, -0.05) is 13.0 Å². The topological polar surface area (TPSA) is 55.3 Å². The highest BCUT2D eigenvalue weighted by Crippen LogP contribution is 2.21. The van der Waals surface area contributed by atoms with Gasteiger partial charge in [0, 0.05) is 6.54 Å². The maximum absolute atomic E-state index is 5.80. The maximum Gasteiger partial charge on any atom is 0.0551 e. The van der Waals surface area contributed by atoms with Crippen molar-refractivity contribution < 1.29 is 0 Å². The van der Waals surface area contributed by atoms with Crippen molar-refractivity contribution in [1.29, 1.82) is 0 Å². The van der Waals surface area contributed by atoms with Gasteiger partial charge in [-0.15, -0.1) is 0 Å². The maximum atomic E-state index is 5.80. The summed E-state index contributed by atoms with van der Waals surface area (Å²) < 4.78 is 0. The third-order valence-corrected chi connectivity index (χ3v) is 3.43. The number of likely N-dealkylation sites (tertiary alicyclic amines) is 1. The largest absolute Gasteiger partial charge is 0.397 e. The van der Waals surface area contributed by atoms with E-state index in [1.807, 2.05) is 12.1 Å². The van der Waals surface area contributed by atoms with E-state index in [2.05, 4.69) is 17.9 Å². The molecule has 4 N–H and O–H groups in total. The summed E-state index contributed by atoms with van der Waals surface area (Å²) in [4.78, 5) is 2.49. The Labute approximate surface area is 97.4 Å². The molecule has 0 spiro atoms. The van der Waals surface area contributed by atoms with Gasteiger partial charge in [-0.05, 0) is 49.5 Å². The van der Waals surface area contributed by atoms with Crippen molar-refractivity contribution in [3.63, 3.8) is 0 Å². The Bertz CT molecular complexity index is 354. The van der Waals surface area contributed by atoms with Crippen LogP contribution in [0.1, 0.15) is 25.3 Å². The standard InChI is InChI=1S/C13H21N3/c1-10-4-6-16(7-5-10)9-11-2-3-12(14)13(15)8-11/h2-3,8,10H,4-7,9,14-15H2,1H3. The smallest absolute Gasteiger partial charge is 0.0551 e. The zero-order valence-corrected chi connectivity index (χ0v) is 9.95. The van der Waals surface area contributed by atoms with Crippen molar-refractivity contribution in [2.75, 3.05) is 24.6 Å². The molecule has 0 saturated carbocycles. The SMILES string of the molecule is CC1CCN(Cc2ccc(N)c(N)c2)CC1. The van der Waals surface area contributed by atoms with Gasteiger partial charge in [-0.3, -0.25) is 4.90 Å². The van der Waals surface area contributed by atoms with E-state index in [-0.39, 0.29) is 0 Å². The van der Waals surface area contributed by atoms with Crippen LogP contribution in [-0.2, 0) is 6.54 Å². The highest BCUT2D eigenvalue weighted by Gasteiger charge is 2.15. The number of nitrogens with zero attached hydrogens (tertiary/aromatic N) is 1. The first-order chi connectivity index (χ1) is 7.65. The number of hydrogen-bond acceptors (Lipinski definition) is 3. The molecule has 0 bridgehead atoms. The summed E-state index contributed by atoms with van der Waals surface area (Å²) in [6.45, 7) is 5.73. The van der Waals surface area contributed by atoms with Gasteiger partial charge in [0.1, 0.15) is 0 Å². The first-order valence-electron chi connectivity index (χ1n) is 6.01. The fourth-order valence-electron chi connectivity index (χ4n) is 2.20.